The third kappa shape index (κ3) is 3.05. The molecular formula is C21H15ClN4OS3. The molecular weight excluding hydrogens is 456 g/mol. The van der Waals surface area contributed by atoms with Crippen LogP contribution in [-0.2, 0) is 12.8 Å². The molecule has 0 amide bonds. The number of aromatic nitrogens is 4. The summed E-state index contributed by atoms with van der Waals surface area (Å²) < 4.78 is 7.10. The maximum absolute atomic E-state index is 6.58. The third-order valence-electron chi connectivity index (χ3n) is 5.21. The molecule has 9 heteroatoms. The first-order chi connectivity index (χ1) is 14.7. The van der Waals surface area contributed by atoms with Gasteiger partial charge in [0.05, 0.1) is 5.02 Å². The van der Waals surface area contributed by atoms with Gasteiger partial charge < -0.3 is 4.42 Å². The largest absolute Gasteiger partial charge is 0.410 e. The molecule has 30 heavy (non-hydrogen) atoms. The molecule has 0 radical (unpaired) electrons. The quantitative estimate of drug-likeness (QED) is 0.266. The van der Waals surface area contributed by atoms with Crippen LogP contribution in [0.2, 0.25) is 5.02 Å². The van der Waals surface area contributed by atoms with Crippen LogP contribution in [0.25, 0.3) is 31.1 Å². The number of nitrogens with zero attached hydrogens (tertiary/aromatic N) is 4. The standard InChI is InChI=1S/C21H15ClN4OS3/c1-10-23-19-15(11-6-2-4-8-13(11)29-19)20(24-10)30-21-26-25-18(27-21)17-16(22)12-7-3-5-9-14(12)28-17/h3,5,7,9H,2,4,6,8H2,1H3. The topological polar surface area (TPSA) is 64.7 Å². The van der Waals surface area contributed by atoms with Crippen molar-refractivity contribution in [2.24, 2.45) is 0 Å². The Labute approximate surface area is 189 Å². The zero-order valence-corrected chi connectivity index (χ0v) is 19.1. The highest BCUT2D eigenvalue weighted by Crippen LogP contribution is 2.44. The van der Waals surface area contributed by atoms with Gasteiger partial charge in [0.25, 0.3) is 11.1 Å². The van der Waals surface area contributed by atoms with Gasteiger partial charge in [0.15, 0.2) is 0 Å². The van der Waals surface area contributed by atoms with E-state index in [1.807, 2.05) is 31.2 Å². The van der Waals surface area contributed by atoms with Crippen molar-refractivity contribution < 1.29 is 4.42 Å². The van der Waals surface area contributed by atoms with E-state index in [1.165, 1.54) is 35.0 Å². The molecule has 0 saturated heterocycles. The second-order valence-electron chi connectivity index (χ2n) is 7.18. The van der Waals surface area contributed by atoms with Crippen molar-refractivity contribution >= 4 is 66.3 Å². The van der Waals surface area contributed by atoms with Crippen LogP contribution >= 0.6 is 46.0 Å². The Hall–Kier alpha value is -2.00. The van der Waals surface area contributed by atoms with E-state index in [0.717, 1.165) is 48.9 Å². The Morgan fingerprint density at radius 1 is 1.07 bits per heavy atom. The van der Waals surface area contributed by atoms with Crippen molar-refractivity contribution in [3.63, 3.8) is 0 Å². The molecule has 5 nitrogen and oxygen atoms in total. The number of halogens is 1. The first kappa shape index (κ1) is 18.7. The molecule has 0 fully saturated rings. The van der Waals surface area contributed by atoms with E-state index in [4.69, 9.17) is 21.0 Å². The molecule has 6 rings (SSSR count). The van der Waals surface area contributed by atoms with E-state index < -0.39 is 0 Å². The fourth-order valence-electron chi connectivity index (χ4n) is 3.88. The van der Waals surface area contributed by atoms with Crippen LogP contribution in [0, 0.1) is 6.92 Å². The summed E-state index contributed by atoms with van der Waals surface area (Å²) in [6.07, 6.45) is 4.68. The lowest BCUT2D eigenvalue weighted by molar-refractivity contribution is 0.466. The predicted molar refractivity (Wildman–Crippen MR) is 123 cm³/mol. The molecule has 0 N–H and O–H groups in total. The monoisotopic (exact) mass is 470 g/mol. The second-order valence-corrected chi connectivity index (χ2v) is 10.6. The minimum atomic E-state index is 0.443. The summed E-state index contributed by atoms with van der Waals surface area (Å²) in [6.45, 7) is 1.93. The summed E-state index contributed by atoms with van der Waals surface area (Å²) in [6, 6.07) is 8.02. The molecule has 5 aromatic rings. The summed E-state index contributed by atoms with van der Waals surface area (Å²) in [5, 5.41) is 12.7. The van der Waals surface area contributed by atoms with Crippen LogP contribution in [0.5, 0.6) is 0 Å². The van der Waals surface area contributed by atoms with Gasteiger partial charge in [0.1, 0.15) is 20.6 Å². The van der Waals surface area contributed by atoms with Gasteiger partial charge in [-0.25, -0.2) is 9.97 Å². The first-order valence-electron chi connectivity index (χ1n) is 9.65. The Bertz CT molecular complexity index is 1420. The van der Waals surface area contributed by atoms with Gasteiger partial charge in [0, 0.05) is 20.3 Å². The zero-order chi connectivity index (χ0) is 20.2. The normalized spacial score (nSPS) is 13.9. The molecule has 0 saturated carbocycles. The van der Waals surface area contributed by atoms with Gasteiger partial charge in [-0.05, 0) is 56.0 Å². The molecule has 0 aliphatic heterocycles. The number of hydrogen-bond acceptors (Lipinski definition) is 8. The van der Waals surface area contributed by atoms with Crippen molar-refractivity contribution in [2.75, 3.05) is 0 Å². The van der Waals surface area contributed by atoms with E-state index in [2.05, 4.69) is 15.2 Å². The fourth-order valence-corrected chi connectivity index (χ4v) is 7.55. The summed E-state index contributed by atoms with van der Waals surface area (Å²) in [5.41, 5.74) is 1.40. The van der Waals surface area contributed by atoms with Crippen LogP contribution in [0.1, 0.15) is 29.1 Å². The third-order valence-corrected chi connectivity index (χ3v) is 8.89. The van der Waals surface area contributed by atoms with Gasteiger partial charge in [-0.15, -0.1) is 32.9 Å². The molecule has 150 valence electrons. The number of benzene rings is 1. The van der Waals surface area contributed by atoms with Gasteiger partial charge in [0.2, 0.25) is 0 Å². The summed E-state index contributed by atoms with van der Waals surface area (Å²) in [7, 11) is 0. The second kappa shape index (κ2) is 7.30. The predicted octanol–water partition coefficient (Wildman–Crippen LogP) is 6.95. The van der Waals surface area contributed by atoms with E-state index >= 15 is 0 Å². The summed E-state index contributed by atoms with van der Waals surface area (Å²) >= 11 is 11.4. The van der Waals surface area contributed by atoms with E-state index in [-0.39, 0.29) is 0 Å². The first-order valence-corrected chi connectivity index (χ1v) is 12.5. The lowest BCUT2D eigenvalue weighted by atomic mass is 9.97. The molecule has 4 heterocycles. The molecule has 1 aliphatic rings. The summed E-state index contributed by atoms with van der Waals surface area (Å²) in [4.78, 5) is 12.7. The molecule has 0 atom stereocenters. The maximum atomic E-state index is 6.58. The van der Waals surface area contributed by atoms with Gasteiger partial charge in [-0.3, -0.25) is 0 Å². The molecule has 1 aromatic carbocycles. The van der Waals surface area contributed by atoms with E-state index in [1.54, 1.807) is 22.7 Å². The minimum Gasteiger partial charge on any atom is -0.410 e. The number of hydrogen-bond donors (Lipinski definition) is 0. The highest BCUT2D eigenvalue weighted by molar-refractivity contribution is 7.99. The molecule has 0 unspecified atom stereocenters. The Morgan fingerprint density at radius 2 is 1.93 bits per heavy atom. The number of rotatable bonds is 3. The highest BCUT2D eigenvalue weighted by Gasteiger charge is 2.23. The van der Waals surface area contributed by atoms with Crippen molar-refractivity contribution in [2.45, 2.75) is 42.9 Å². The van der Waals surface area contributed by atoms with Crippen LogP contribution in [0.15, 0.2) is 38.9 Å². The van der Waals surface area contributed by atoms with Crippen LogP contribution in [0.3, 0.4) is 0 Å². The highest BCUT2D eigenvalue weighted by atomic mass is 35.5. The average molecular weight is 471 g/mol. The van der Waals surface area contributed by atoms with Gasteiger partial charge in [-0.1, -0.05) is 29.8 Å². The van der Waals surface area contributed by atoms with E-state index in [0.29, 0.717) is 16.1 Å². The average Bonchev–Trinajstić information content (AvgIpc) is 3.43. The number of fused-ring (bicyclic) bond motifs is 4. The molecule has 0 spiro atoms. The van der Waals surface area contributed by atoms with Crippen molar-refractivity contribution in [1.29, 1.82) is 0 Å². The smallest absolute Gasteiger partial charge is 0.283 e. The SMILES string of the molecule is Cc1nc(Sc2nnc(-c3sc4ccccc4c3Cl)o2)c2c3c(sc2n1)CCCC3. The Balaban J connectivity index is 1.41. The van der Waals surface area contributed by atoms with Gasteiger partial charge in [-0.2, -0.15) is 0 Å². The number of thiophene rings is 2. The summed E-state index contributed by atoms with van der Waals surface area (Å²) in [5.74, 6) is 1.20. The van der Waals surface area contributed by atoms with Crippen LogP contribution in [-0.4, -0.2) is 20.2 Å². The molecule has 1 aliphatic carbocycles. The lowest BCUT2D eigenvalue weighted by Crippen LogP contribution is -1.99. The number of aryl methyl sites for hydroxylation is 3. The van der Waals surface area contributed by atoms with Crippen LogP contribution < -0.4 is 0 Å². The van der Waals surface area contributed by atoms with Gasteiger partial charge >= 0.3 is 0 Å². The minimum absolute atomic E-state index is 0.443. The Morgan fingerprint density at radius 3 is 2.83 bits per heavy atom. The fraction of sp³-hybridized carbons (Fsp3) is 0.238. The Kier molecular flexibility index (Phi) is 4.56. The van der Waals surface area contributed by atoms with Crippen molar-refractivity contribution in [3.8, 4) is 10.8 Å². The maximum Gasteiger partial charge on any atom is 0.283 e. The van der Waals surface area contributed by atoms with Crippen molar-refractivity contribution in [1.82, 2.24) is 20.2 Å². The molecule has 4 aromatic heterocycles. The zero-order valence-electron chi connectivity index (χ0n) is 15.9. The van der Waals surface area contributed by atoms with E-state index in [9.17, 15) is 0 Å². The molecule has 0 bridgehead atoms. The lowest BCUT2D eigenvalue weighted by Gasteiger charge is -2.11. The van der Waals surface area contributed by atoms with Crippen molar-refractivity contribution in [3.05, 3.63) is 45.6 Å². The van der Waals surface area contributed by atoms with Crippen LogP contribution in [0.4, 0.5) is 0 Å².